The number of rotatable bonds is 8. The van der Waals surface area contributed by atoms with E-state index >= 15 is 0 Å². The lowest BCUT2D eigenvalue weighted by molar-refractivity contribution is -0.159. The highest BCUT2D eigenvalue weighted by atomic mass is 32.1. The van der Waals surface area contributed by atoms with E-state index in [2.05, 4.69) is 43.1 Å². The first-order valence-corrected chi connectivity index (χ1v) is 10.2. The maximum absolute atomic E-state index is 12.3. The highest BCUT2D eigenvalue weighted by Crippen LogP contribution is 2.23. The molecule has 1 atom stereocenters. The molecular weight excluding hydrogens is 392 g/mol. The van der Waals surface area contributed by atoms with Gasteiger partial charge in [-0.05, 0) is 43.5 Å². The standard InChI is InChI=1S/C19H26N2OS.C2H2O4/c1-4-18(22)21(19-11-8-14-23-19)15-16(2)20(3)13-12-17-9-6-5-7-10-17;3-1(4)2(5)6/h5-11,14,16H,4,12-13,15H2,1-3H3;(H,3,4)(H,5,6). The molecular formula is C21H28N2O5S. The van der Waals surface area contributed by atoms with Crippen molar-refractivity contribution >= 4 is 34.2 Å². The Morgan fingerprint density at radius 3 is 2.14 bits per heavy atom. The van der Waals surface area contributed by atoms with E-state index in [1.807, 2.05) is 35.4 Å². The molecule has 1 aromatic heterocycles. The van der Waals surface area contributed by atoms with Crippen LogP contribution in [-0.4, -0.2) is 59.1 Å². The quantitative estimate of drug-likeness (QED) is 0.637. The molecule has 0 saturated heterocycles. The summed E-state index contributed by atoms with van der Waals surface area (Å²) in [6, 6.07) is 14.9. The molecule has 8 heteroatoms. The summed E-state index contributed by atoms with van der Waals surface area (Å²) >= 11 is 1.63. The molecule has 0 saturated carbocycles. The molecule has 0 bridgehead atoms. The zero-order valence-corrected chi connectivity index (χ0v) is 17.8. The van der Waals surface area contributed by atoms with Crippen molar-refractivity contribution in [3.05, 3.63) is 53.4 Å². The Bertz CT molecular complexity index is 753. The number of hydrogen-bond donors (Lipinski definition) is 2. The van der Waals surface area contributed by atoms with Crippen molar-refractivity contribution < 1.29 is 24.6 Å². The molecule has 2 rings (SSSR count). The Balaban J connectivity index is 0.000000612. The van der Waals surface area contributed by atoms with Crippen molar-refractivity contribution in [1.29, 1.82) is 0 Å². The average molecular weight is 421 g/mol. The number of anilines is 1. The van der Waals surface area contributed by atoms with E-state index in [0.29, 0.717) is 12.5 Å². The van der Waals surface area contributed by atoms with Gasteiger partial charge < -0.3 is 20.0 Å². The van der Waals surface area contributed by atoms with Gasteiger partial charge in [-0.1, -0.05) is 37.3 Å². The van der Waals surface area contributed by atoms with Crippen LogP contribution in [0.25, 0.3) is 0 Å². The van der Waals surface area contributed by atoms with Gasteiger partial charge in [0, 0.05) is 25.6 Å². The lowest BCUT2D eigenvalue weighted by Crippen LogP contribution is -2.43. The van der Waals surface area contributed by atoms with Crippen LogP contribution in [0.2, 0.25) is 0 Å². The Morgan fingerprint density at radius 1 is 1.03 bits per heavy atom. The Kier molecular flexibility index (Phi) is 10.6. The molecule has 1 unspecified atom stereocenters. The minimum Gasteiger partial charge on any atom is -0.473 e. The van der Waals surface area contributed by atoms with E-state index in [9.17, 15) is 4.79 Å². The minimum atomic E-state index is -1.82. The van der Waals surface area contributed by atoms with Crippen LogP contribution < -0.4 is 4.90 Å². The van der Waals surface area contributed by atoms with Crippen molar-refractivity contribution in [1.82, 2.24) is 4.90 Å². The molecule has 0 aliphatic rings. The number of thiophene rings is 1. The molecule has 158 valence electrons. The Hall–Kier alpha value is -2.71. The molecule has 0 aliphatic heterocycles. The van der Waals surface area contributed by atoms with E-state index < -0.39 is 11.9 Å². The number of carbonyl (C=O) groups excluding carboxylic acids is 1. The smallest absolute Gasteiger partial charge is 0.414 e. The van der Waals surface area contributed by atoms with Crippen LogP contribution >= 0.6 is 11.3 Å². The lowest BCUT2D eigenvalue weighted by atomic mass is 10.1. The number of aliphatic carboxylic acids is 2. The van der Waals surface area contributed by atoms with Crippen molar-refractivity contribution in [3.63, 3.8) is 0 Å². The molecule has 0 radical (unpaired) electrons. The second kappa shape index (κ2) is 12.7. The summed E-state index contributed by atoms with van der Waals surface area (Å²) in [5.41, 5.74) is 1.35. The zero-order chi connectivity index (χ0) is 21.8. The van der Waals surface area contributed by atoms with Crippen LogP contribution in [0.15, 0.2) is 47.8 Å². The first kappa shape index (κ1) is 24.3. The molecule has 2 aromatic rings. The van der Waals surface area contributed by atoms with Gasteiger partial charge in [0.25, 0.3) is 0 Å². The van der Waals surface area contributed by atoms with Crippen LogP contribution in [0.1, 0.15) is 25.8 Å². The summed E-state index contributed by atoms with van der Waals surface area (Å²) in [4.78, 5) is 34.7. The SMILES string of the molecule is CCC(=O)N(CC(C)N(C)CCc1ccccc1)c1cccs1.O=C(O)C(=O)O. The summed E-state index contributed by atoms with van der Waals surface area (Å²) in [7, 11) is 2.14. The average Bonchev–Trinajstić information content (AvgIpc) is 3.25. The molecule has 0 fully saturated rings. The van der Waals surface area contributed by atoms with Crippen LogP contribution in [-0.2, 0) is 20.8 Å². The molecule has 29 heavy (non-hydrogen) atoms. The molecule has 0 aliphatic carbocycles. The molecule has 2 N–H and O–H groups in total. The van der Waals surface area contributed by atoms with E-state index in [4.69, 9.17) is 19.8 Å². The van der Waals surface area contributed by atoms with Gasteiger partial charge in [-0.25, -0.2) is 9.59 Å². The van der Waals surface area contributed by atoms with Gasteiger partial charge in [0.2, 0.25) is 5.91 Å². The number of carbonyl (C=O) groups is 3. The van der Waals surface area contributed by atoms with Crippen LogP contribution in [0.4, 0.5) is 5.00 Å². The van der Waals surface area contributed by atoms with Crippen molar-refractivity contribution in [2.75, 3.05) is 25.0 Å². The normalized spacial score (nSPS) is 11.3. The first-order valence-electron chi connectivity index (χ1n) is 9.30. The van der Waals surface area contributed by atoms with Crippen molar-refractivity contribution in [2.45, 2.75) is 32.7 Å². The third kappa shape index (κ3) is 8.89. The van der Waals surface area contributed by atoms with E-state index in [1.165, 1.54) is 5.56 Å². The number of hydrogen-bond acceptors (Lipinski definition) is 5. The number of benzene rings is 1. The highest BCUT2D eigenvalue weighted by Gasteiger charge is 2.20. The summed E-state index contributed by atoms with van der Waals surface area (Å²) < 4.78 is 0. The van der Waals surface area contributed by atoms with Gasteiger partial charge in [0.05, 0.1) is 5.00 Å². The minimum absolute atomic E-state index is 0.191. The van der Waals surface area contributed by atoms with Gasteiger partial charge in [-0.3, -0.25) is 4.79 Å². The second-order valence-electron chi connectivity index (χ2n) is 6.48. The number of amides is 1. The van der Waals surface area contributed by atoms with Gasteiger partial charge in [-0.15, -0.1) is 11.3 Å². The maximum Gasteiger partial charge on any atom is 0.414 e. The van der Waals surface area contributed by atoms with Crippen LogP contribution in [0.3, 0.4) is 0 Å². The Morgan fingerprint density at radius 2 is 1.66 bits per heavy atom. The van der Waals surface area contributed by atoms with E-state index in [-0.39, 0.29) is 5.91 Å². The second-order valence-corrected chi connectivity index (χ2v) is 7.41. The van der Waals surface area contributed by atoms with Crippen LogP contribution in [0.5, 0.6) is 0 Å². The summed E-state index contributed by atoms with van der Waals surface area (Å²) in [6.45, 7) is 5.84. The monoisotopic (exact) mass is 420 g/mol. The predicted molar refractivity (Wildman–Crippen MR) is 114 cm³/mol. The van der Waals surface area contributed by atoms with Crippen molar-refractivity contribution in [3.8, 4) is 0 Å². The fourth-order valence-electron chi connectivity index (χ4n) is 2.50. The van der Waals surface area contributed by atoms with Crippen molar-refractivity contribution in [2.24, 2.45) is 0 Å². The van der Waals surface area contributed by atoms with Crippen LogP contribution in [0, 0.1) is 0 Å². The van der Waals surface area contributed by atoms with E-state index in [1.54, 1.807) is 11.3 Å². The van der Waals surface area contributed by atoms with Gasteiger partial charge in [0.15, 0.2) is 0 Å². The summed E-state index contributed by atoms with van der Waals surface area (Å²) in [5.74, 6) is -3.46. The molecule has 0 spiro atoms. The molecule has 1 amide bonds. The number of nitrogens with zero attached hydrogens (tertiary/aromatic N) is 2. The summed E-state index contributed by atoms with van der Waals surface area (Å²) in [5, 5.41) is 17.8. The highest BCUT2D eigenvalue weighted by molar-refractivity contribution is 7.14. The third-order valence-electron chi connectivity index (χ3n) is 4.35. The summed E-state index contributed by atoms with van der Waals surface area (Å²) in [6.07, 6.45) is 1.57. The lowest BCUT2D eigenvalue weighted by Gasteiger charge is -2.30. The Labute approximate surface area is 175 Å². The first-order chi connectivity index (χ1) is 13.8. The number of likely N-dealkylation sites (N-methyl/N-ethyl adjacent to an activating group) is 1. The number of carboxylic acids is 2. The topological polar surface area (TPSA) is 98.2 Å². The van der Waals surface area contributed by atoms with Gasteiger partial charge >= 0.3 is 11.9 Å². The molecule has 7 nitrogen and oxygen atoms in total. The zero-order valence-electron chi connectivity index (χ0n) is 16.9. The van der Waals surface area contributed by atoms with E-state index in [0.717, 1.165) is 24.5 Å². The maximum atomic E-state index is 12.3. The predicted octanol–water partition coefficient (Wildman–Crippen LogP) is 3.21. The fourth-order valence-corrected chi connectivity index (χ4v) is 3.26. The fraction of sp³-hybridized carbons (Fsp3) is 0.381. The van der Waals surface area contributed by atoms with Gasteiger partial charge in [-0.2, -0.15) is 0 Å². The largest absolute Gasteiger partial charge is 0.473 e. The molecule has 1 heterocycles. The van der Waals surface area contributed by atoms with Gasteiger partial charge in [0.1, 0.15) is 0 Å². The number of carboxylic acid groups (broad SMARTS) is 2. The third-order valence-corrected chi connectivity index (χ3v) is 5.25. The molecule has 1 aromatic carbocycles.